The van der Waals surface area contributed by atoms with E-state index >= 15 is 0 Å². The highest BCUT2D eigenvalue weighted by Crippen LogP contribution is 2.38. The number of hydrogen-bond donors (Lipinski definition) is 2. The Morgan fingerprint density at radius 1 is 1.42 bits per heavy atom. The molecule has 2 atom stereocenters. The van der Waals surface area contributed by atoms with E-state index in [9.17, 15) is 5.11 Å². The van der Waals surface area contributed by atoms with Crippen LogP contribution in [0.25, 0.3) is 0 Å². The maximum Gasteiger partial charge on any atom is 0.135 e. The van der Waals surface area contributed by atoms with Crippen LogP contribution in [0.2, 0.25) is 0 Å². The molecule has 0 bridgehead atoms. The highest BCUT2D eigenvalue weighted by atomic mass is 35.5. The maximum absolute atomic E-state index is 10.6. The number of aliphatic hydroxyl groups excluding tert-OH is 1. The molecule has 2 saturated heterocycles. The second-order valence-electron chi connectivity index (χ2n) is 6.88. The van der Waals surface area contributed by atoms with Crippen LogP contribution >= 0.6 is 24.8 Å². The summed E-state index contributed by atoms with van der Waals surface area (Å²) in [7, 11) is 0. The Morgan fingerprint density at radius 2 is 2.21 bits per heavy atom. The van der Waals surface area contributed by atoms with Gasteiger partial charge in [-0.2, -0.15) is 0 Å². The summed E-state index contributed by atoms with van der Waals surface area (Å²) in [5.41, 5.74) is 1.22. The van der Waals surface area contributed by atoms with Crippen molar-refractivity contribution in [2.75, 3.05) is 31.1 Å². The van der Waals surface area contributed by atoms with Crippen LogP contribution in [0.5, 0.6) is 0 Å². The Kier molecular flexibility index (Phi) is 8.20. The van der Waals surface area contributed by atoms with Crippen molar-refractivity contribution in [1.82, 2.24) is 15.3 Å². The summed E-state index contributed by atoms with van der Waals surface area (Å²) in [6.45, 7) is 7.91. The average Bonchev–Trinajstić information content (AvgIpc) is 2.53. The van der Waals surface area contributed by atoms with Crippen LogP contribution in [0.15, 0.2) is 6.20 Å². The number of aliphatic hydroxyl groups is 1. The first-order chi connectivity index (χ1) is 10.6. The van der Waals surface area contributed by atoms with Gasteiger partial charge < -0.3 is 15.3 Å². The molecule has 0 amide bonds. The summed E-state index contributed by atoms with van der Waals surface area (Å²) in [4.78, 5) is 11.5. The fourth-order valence-electron chi connectivity index (χ4n) is 3.96. The second-order valence-corrected chi connectivity index (χ2v) is 6.88. The molecule has 2 aliphatic rings. The molecule has 138 valence electrons. The molecule has 3 rings (SSSR count). The largest absolute Gasteiger partial charge is 0.392 e. The molecule has 2 aliphatic heterocycles. The molecule has 0 radical (unpaired) electrons. The lowest BCUT2D eigenvalue weighted by atomic mass is 9.72. The summed E-state index contributed by atoms with van der Waals surface area (Å²) in [6, 6.07) is 0. The third-order valence-corrected chi connectivity index (χ3v) is 5.17. The van der Waals surface area contributed by atoms with E-state index in [1.165, 1.54) is 5.56 Å². The zero-order valence-electron chi connectivity index (χ0n) is 14.6. The number of hydrogen-bond acceptors (Lipinski definition) is 5. The van der Waals surface area contributed by atoms with Crippen molar-refractivity contribution in [3.05, 3.63) is 17.6 Å². The fraction of sp³-hybridized carbons (Fsp3) is 0.765. The van der Waals surface area contributed by atoms with Gasteiger partial charge in [-0.25, -0.2) is 9.97 Å². The first-order valence-corrected chi connectivity index (χ1v) is 8.61. The molecule has 2 N–H and O–H groups in total. The number of aromatic nitrogens is 2. The van der Waals surface area contributed by atoms with Gasteiger partial charge in [-0.05, 0) is 39.2 Å². The number of halogens is 2. The third-order valence-electron chi connectivity index (χ3n) is 5.17. The van der Waals surface area contributed by atoms with Gasteiger partial charge in [0.2, 0.25) is 0 Å². The van der Waals surface area contributed by atoms with E-state index in [-0.39, 0.29) is 36.3 Å². The first-order valence-electron chi connectivity index (χ1n) is 8.61. The normalized spacial score (nSPS) is 26.6. The molecule has 1 spiro atoms. The number of nitrogens with one attached hydrogen (secondary N) is 1. The number of aryl methyl sites for hydroxylation is 2. The molecule has 2 fully saturated rings. The van der Waals surface area contributed by atoms with Crippen molar-refractivity contribution < 1.29 is 5.11 Å². The standard InChI is InChI=1S/C17H28N4O.2ClH/c1-3-5-14-10-19-13(2)20-16(14)21-9-4-7-17(12-21)11-18-8-6-15(17)22;;/h10,15,18,22H,3-9,11-12H2,1-2H3;2*1H/t15-,17-;;/m0../s1. The van der Waals surface area contributed by atoms with Gasteiger partial charge in [0.1, 0.15) is 11.6 Å². The monoisotopic (exact) mass is 376 g/mol. The van der Waals surface area contributed by atoms with E-state index in [4.69, 9.17) is 4.98 Å². The van der Waals surface area contributed by atoms with Crippen molar-refractivity contribution in [2.45, 2.75) is 52.1 Å². The molecule has 0 aliphatic carbocycles. The Labute approximate surface area is 157 Å². The van der Waals surface area contributed by atoms with Crippen molar-refractivity contribution in [2.24, 2.45) is 5.41 Å². The van der Waals surface area contributed by atoms with Crippen molar-refractivity contribution in [3.63, 3.8) is 0 Å². The van der Waals surface area contributed by atoms with Crippen LogP contribution in [0.1, 0.15) is 44.0 Å². The van der Waals surface area contributed by atoms with Crippen molar-refractivity contribution >= 4 is 30.6 Å². The highest BCUT2D eigenvalue weighted by molar-refractivity contribution is 5.85. The van der Waals surface area contributed by atoms with E-state index in [0.29, 0.717) is 0 Å². The van der Waals surface area contributed by atoms with E-state index < -0.39 is 0 Å². The van der Waals surface area contributed by atoms with Gasteiger partial charge in [0.15, 0.2) is 0 Å². The highest BCUT2D eigenvalue weighted by Gasteiger charge is 2.43. The number of anilines is 1. The zero-order valence-corrected chi connectivity index (χ0v) is 16.3. The lowest BCUT2D eigenvalue weighted by Crippen LogP contribution is -2.58. The van der Waals surface area contributed by atoms with E-state index in [1.807, 2.05) is 13.1 Å². The molecule has 0 unspecified atom stereocenters. The SMILES string of the molecule is CCCc1cnc(C)nc1N1CCC[C@]2(CNCC[C@@H]2O)C1.Cl.Cl. The Bertz CT molecular complexity index is 527. The third kappa shape index (κ3) is 4.31. The molecular weight excluding hydrogens is 347 g/mol. The smallest absolute Gasteiger partial charge is 0.135 e. The van der Waals surface area contributed by atoms with Crippen LogP contribution in [0.3, 0.4) is 0 Å². The summed E-state index contributed by atoms with van der Waals surface area (Å²) in [5.74, 6) is 1.92. The van der Waals surface area contributed by atoms with Gasteiger partial charge in [-0.15, -0.1) is 24.8 Å². The summed E-state index contributed by atoms with van der Waals surface area (Å²) in [5, 5.41) is 14.1. The lowest BCUT2D eigenvalue weighted by Gasteiger charge is -2.48. The molecule has 24 heavy (non-hydrogen) atoms. The van der Waals surface area contributed by atoms with Crippen LogP contribution in [-0.2, 0) is 6.42 Å². The number of nitrogens with zero attached hydrogens (tertiary/aromatic N) is 3. The van der Waals surface area contributed by atoms with Crippen molar-refractivity contribution in [3.8, 4) is 0 Å². The van der Waals surface area contributed by atoms with Crippen molar-refractivity contribution in [1.29, 1.82) is 0 Å². The number of rotatable bonds is 3. The predicted molar refractivity (Wildman–Crippen MR) is 103 cm³/mol. The summed E-state index contributed by atoms with van der Waals surface area (Å²) < 4.78 is 0. The molecule has 1 aromatic rings. The average molecular weight is 377 g/mol. The van der Waals surface area contributed by atoms with Crippen LogP contribution in [0, 0.1) is 12.3 Å². The van der Waals surface area contributed by atoms with E-state index in [0.717, 1.165) is 69.9 Å². The molecule has 0 aromatic carbocycles. The topological polar surface area (TPSA) is 61.3 Å². The van der Waals surface area contributed by atoms with Crippen LogP contribution in [0.4, 0.5) is 5.82 Å². The lowest BCUT2D eigenvalue weighted by molar-refractivity contribution is -0.0102. The van der Waals surface area contributed by atoms with Crippen LogP contribution < -0.4 is 10.2 Å². The molecule has 1 aromatic heterocycles. The van der Waals surface area contributed by atoms with Gasteiger partial charge in [-0.1, -0.05) is 13.3 Å². The maximum atomic E-state index is 10.6. The Hall–Kier alpha value is -0.620. The summed E-state index contributed by atoms with van der Waals surface area (Å²) in [6.07, 6.45) is 6.98. The quantitative estimate of drug-likeness (QED) is 0.848. The summed E-state index contributed by atoms with van der Waals surface area (Å²) >= 11 is 0. The molecule has 0 saturated carbocycles. The van der Waals surface area contributed by atoms with Gasteiger partial charge in [0.05, 0.1) is 6.10 Å². The molecule has 5 nitrogen and oxygen atoms in total. The van der Waals surface area contributed by atoms with Gasteiger partial charge in [0, 0.05) is 36.8 Å². The fourth-order valence-corrected chi connectivity index (χ4v) is 3.96. The molecule has 3 heterocycles. The first kappa shape index (κ1) is 21.4. The second kappa shape index (κ2) is 9.18. The minimum atomic E-state index is -0.200. The minimum Gasteiger partial charge on any atom is -0.392 e. The van der Waals surface area contributed by atoms with Gasteiger partial charge in [-0.3, -0.25) is 0 Å². The predicted octanol–water partition coefficient (Wildman–Crippen LogP) is 2.52. The van der Waals surface area contributed by atoms with Crippen LogP contribution in [-0.4, -0.2) is 47.4 Å². The molecule has 7 heteroatoms. The van der Waals surface area contributed by atoms with E-state index in [1.54, 1.807) is 0 Å². The minimum absolute atomic E-state index is 0. The Morgan fingerprint density at radius 3 is 2.92 bits per heavy atom. The zero-order chi connectivity index (χ0) is 15.6. The van der Waals surface area contributed by atoms with Gasteiger partial charge >= 0.3 is 0 Å². The molecular formula is C17H30Cl2N4O. The van der Waals surface area contributed by atoms with E-state index in [2.05, 4.69) is 22.1 Å². The van der Waals surface area contributed by atoms with Gasteiger partial charge in [0.25, 0.3) is 0 Å². The Balaban J connectivity index is 0.00000144. The number of piperidine rings is 2.